The fourth-order valence-corrected chi connectivity index (χ4v) is 3.38. The Hall–Kier alpha value is -2.82. The van der Waals surface area contributed by atoms with E-state index in [2.05, 4.69) is 27.7 Å². The summed E-state index contributed by atoms with van der Waals surface area (Å²) in [6.45, 7) is 5.01. The molecule has 0 unspecified atom stereocenters. The van der Waals surface area contributed by atoms with E-state index in [1.54, 1.807) is 0 Å². The van der Waals surface area contributed by atoms with Crippen LogP contribution in [0.25, 0.3) is 0 Å². The topological polar surface area (TPSA) is 61.4 Å². The minimum atomic E-state index is -0.213. The van der Waals surface area contributed by atoms with Gasteiger partial charge in [0.25, 0.3) is 0 Å². The van der Waals surface area contributed by atoms with Gasteiger partial charge in [-0.05, 0) is 49.4 Å². The van der Waals surface area contributed by atoms with Crippen LogP contribution in [0.3, 0.4) is 0 Å². The van der Waals surface area contributed by atoms with E-state index < -0.39 is 0 Å². The third kappa shape index (κ3) is 4.23. The van der Waals surface area contributed by atoms with Crippen molar-refractivity contribution in [2.24, 2.45) is 0 Å². The number of hydrogen-bond acceptors (Lipinski definition) is 3. The highest BCUT2D eigenvalue weighted by Crippen LogP contribution is 2.26. The van der Waals surface area contributed by atoms with Crippen molar-refractivity contribution in [3.05, 3.63) is 59.2 Å². The molecule has 2 amide bonds. The summed E-state index contributed by atoms with van der Waals surface area (Å²) >= 11 is 0. The second kappa shape index (κ2) is 8.04. The maximum atomic E-state index is 12.3. The number of rotatable bonds is 5. The number of carbonyl (C=O) groups excluding carboxylic acids is 2. The number of aryl methyl sites for hydroxylation is 3. The summed E-state index contributed by atoms with van der Waals surface area (Å²) in [5.74, 6) is -0.354. The van der Waals surface area contributed by atoms with E-state index in [1.165, 1.54) is 5.56 Å². The number of hydrogen-bond donors (Lipinski definition) is 2. The summed E-state index contributed by atoms with van der Waals surface area (Å²) < 4.78 is 0. The molecule has 0 bridgehead atoms. The minimum Gasteiger partial charge on any atom is -0.362 e. The SMILES string of the molecule is Cc1cccc(C)c1NC(=O)CNC(=O)CN1CCCc2ccccc21. The molecule has 1 heterocycles. The zero-order valence-electron chi connectivity index (χ0n) is 15.3. The van der Waals surface area contributed by atoms with Crippen LogP contribution in [0.5, 0.6) is 0 Å². The Morgan fingerprint density at radius 1 is 1.00 bits per heavy atom. The fourth-order valence-electron chi connectivity index (χ4n) is 3.38. The van der Waals surface area contributed by atoms with Crippen LogP contribution in [0.1, 0.15) is 23.1 Å². The molecule has 136 valence electrons. The van der Waals surface area contributed by atoms with Crippen LogP contribution in [0, 0.1) is 13.8 Å². The molecular formula is C21H25N3O2. The summed E-state index contributed by atoms with van der Waals surface area (Å²) in [6.07, 6.45) is 2.09. The van der Waals surface area contributed by atoms with Crippen LogP contribution in [-0.2, 0) is 16.0 Å². The van der Waals surface area contributed by atoms with Crippen molar-refractivity contribution in [3.63, 3.8) is 0 Å². The molecule has 0 saturated carbocycles. The first kappa shape index (κ1) is 18.0. The Morgan fingerprint density at radius 3 is 2.50 bits per heavy atom. The first-order valence-electron chi connectivity index (χ1n) is 9.00. The van der Waals surface area contributed by atoms with Crippen LogP contribution in [0.4, 0.5) is 11.4 Å². The van der Waals surface area contributed by atoms with Crippen molar-refractivity contribution in [2.45, 2.75) is 26.7 Å². The average molecular weight is 351 g/mol. The number of benzene rings is 2. The number of amides is 2. The van der Waals surface area contributed by atoms with Gasteiger partial charge >= 0.3 is 0 Å². The molecule has 26 heavy (non-hydrogen) atoms. The molecule has 2 aromatic rings. The molecular weight excluding hydrogens is 326 g/mol. The number of para-hydroxylation sites is 2. The van der Waals surface area contributed by atoms with Gasteiger partial charge in [0.05, 0.1) is 13.1 Å². The lowest BCUT2D eigenvalue weighted by atomic mass is 10.0. The Bertz CT molecular complexity index is 796. The van der Waals surface area contributed by atoms with Crippen molar-refractivity contribution in [1.82, 2.24) is 5.32 Å². The fraction of sp³-hybridized carbons (Fsp3) is 0.333. The molecule has 0 atom stereocenters. The second-order valence-electron chi connectivity index (χ2n) is 6.75. The molecule has 0 radical (unpaired) electrons. The normalized spacial score (nSPS) is 13.1. The Morgan fingerprint density at radius 2 is 1.73 bits per heavy atom. The van der Waals surface area contributed by atoms with Crippen molar-refractivity contribution in [3.8, 4) is 0 Å². The predicted octanol–water partition coefficient (Wildman–Crippen LogP) is 2.81. The highest BCUT2D eigenvalue weighted by Gasteiger charge is 2.19. The van der Waals surface area contributed by atoms with E-state index in [9.17, 15) is 9.59 Å². The third-order valence-electron chi connectivity index (χ3n) is 4.73. The molecule has 0 aromatic heterocycles. The molecule has 5 nitrogen and oxygen atoms in total. The van der Waals surface area contributed by atoms with Gasteiger partial charge in [-0.15, -0.1) is 0 Å². The van der Waals surface area contributed by atoms with E-state index in [4.69, 9.17) is 0 Å². The van der Waals surface area contributed by atoms with E-state index in [0.717, 1.165) is 41.9 Å². The standard InChI is InChI=1S/C21H25N3O2/c1-15-7-5-8-16(2)21(15)23-19(25)13-22-20(26)14-24-12-6-10-17-9-3-4-11-18(17)24/h3-5,7-9,11H,6,10,12-14H2,1-2H3,(H,22,26)(H,23,25). The second-order valence-corrected chi connectivity index (χ2v) is 6.75. The van der Waals surface area contributed by atoms with Crippen LogP contribution in [0.2, 0.25) is 0 Å². The van der Waals surface area contributed by atoms with E-state index in [1.807, 2.05) is 44.2 Å². The van der Waals surface area contributed by atoms with Crippen LogP contribution in [0.15, 0.2) is 42.5 Å². The molecule has 2 aromatic carbocycles. The molecule has 0 fully saturated rings. The van der Waals surface area contributed by atoms with Crippen LogP contribution >= 0.6 is 0 Å². The summed E-state index contributed by atoms with van der Waals surface area (Å²) in [5.41, 5.74) is 5.23. The number of carbonyl (C=O) groups is 2. The summed E-state index contributed by atoms with van der Waals surface area (Å²) in [4.78, 5) is 26.5. The van der Waals surface area contributed by atoms with Crippen LogP contribution in [-0.4, -0.2) is 31.4 Å². The van der Waals surface area contributed by atoms with E-state index in [-0.39, 0.29) is 24.9 Å². The predicted molar refractivity (Wildman–Crippen MR) is 105 cm³/mol. The first-order chi connectivity index (χ1) is 12.5. The number of anilines is 2. The van der Waals surface area contributed by atoms with E-state index >= 15 is 0 Å². The molecule has 3 rings (SSSR count). The molecule has 0 saturated heterocycles. The van der Waals surface area contributed by atoms with Gasteiger partial charge in [0.1, 0.15) is 0 Å². The zero-order chi connectivity index (χ0) is 18.5. The molecule has 1 aliphatic rings. The van der Waals surface area contributed by atoms with Gasteiger partial charge in [-0.25, -0.2) is 0 Å². The van der Waals surface area contributed by atoms with Gasteiger partial charge in [0.2, 0.25) is 11.8 Å². The average Bonchev–Trinajstić information content (AvgIpc) is 2.63. The van der Waals surface area contributed by atoms with Gasteiger partial charge in [-0.1, -0.05) is 36.4 Å². The quantitative estimate of drug-likeness (QED) is 0.871. The first-order valence-corrected chi connectivity index (χ1v) is 9.00. The lowest BCUT2D eigenvalue weighted by Gasteiger charge is -2.30. The highest BCUT2D eigenvalue weighted by atomic mass is 16.2. The lowest BCUT2D eigenvalue weighted by molar-refractivity contribution is -0.123. The Labute approximate surface area is 154 Å². The summed E-state index contributed by atoms with van der Waals surface area (Å²) in [5, 5.41) is 5.61. The highest BCUT2D eigenvalue weighted by molar-refractivity contribution is 5.96. The molecule has 1 aliphatic heterocycles. The molecule has 5 heteroatoms. The van der Waals surface area contributed by atoms with Crippen molar-refractivity contribution >= 4 is 23.2 Å². The van der Waals surface area contributed by atoms with Gasteiger partial charge in [-0.3, -0.25) is 9.59 Å². The minimum absolute atomic E-state index is 0.0257. The van der Waals surface area contributed by atoms with Gasteiger partial charge < -0.3 is 15.5 Å². The smallest absolute Gasteiger partial charge is 0.243 e. The third-order valence-corrected chi connectivity index (χ3v) is 4.73. The number of nitrogens with one attached hydrogen (secondary N) is 2. The summed E-state index contributed by atoms with van der Waals surface area (Å²) in [7, 11) is 0. The van der Waals surface area contributed by atoms with Gasteiger partial charge in [-0.2, -0.15) is 0 Å². The lowest BCUT2D eigenvalue weighted by Crippen LogP contribution is -2.42. The van der Waals surface area contributed by atoms with Crippen molar-refractivity contribution in [2.75, 3.05) is 29.9 Å². The van der Waals surface area contributed by atoms with Crippen molar-refractivity contribution in [1.29, 1.82) is 0 Å². The molecule has 0 aliphatic carbocycles. The Kier molecular flexibility index (Phi) is 5.56. The number of fused-ring (bicyclic) bond motifs is 1. The zero-order valence-corrected chi connectivity index (χ0v) is 15.3. The van der Waals surface area contributed by atoms with E-state index in [0.29, 0.717) is 0 Å². The Balaban J connectivity index is 1.53. The summed E-state index contributed by atoms with van der Waals surface area (Å²) in [6, 6.07) is 14.0. The largest absolute Gasteiger partial charge is 0.362 e. The van der Waals surface area contributed by atoms with Gasteiger partial charge in [0.15, 0.2) is 0 Å². The van der Waals surface area contributed by atoms with Gasteiger partial charge in [0, 0.05) is 17.9 Å². The van der Waals surface area contributed by atoms with Crippen LogP contribution < -0.4 is 15.5 Å². The molecule has 2 N–H and O–H groups in total. The number of nitrogens with zero attached hydrogens (tertiary/aromatic N) is 1. The maximum absolute atomic E-state index is 12.3. The molecule has 0 spiro atoms. The van der Waals surface area contributed by atoms with Crippen molar-refractivity contribution < 1.29 is 9.59 Å². The monoisotopic (exact) mass is 351 g/mol. The maximum Gasteiger partial charge on any atom is 0.243 e.